The van der Waals surface area contributed by atoms with Crippen molar-refractivity contribution in [3.8, 4) is 11.4 Å². The molecule has 0 aliphatic heterocycles. The Morgan fingerprint density at radius 1 is 0.871 bits per heavy atom. The van der Waals surface area contributed by atoms with Gasteiger partial charge in [0.1, 0.15) is 18.2 Å². The van der Waals surface area contributed by atoms with Crippen LogP contribution in [0, 0.1) is 11.6 Å². The average molecular weight is 419 g/mol. The van der Waals surface area contributed by atoms with E-state index >= 15 is 0 Å². The van der Waals surface area contributed by atoms with Gasteiger partial charge >= 0.3 is 0 Å². The second-order valence-electron chi connectivity index (χ2n) is 6.85. The first-order valence-electron chi connectivity index (χ1n) is 9.63. The van der Waals surface area contributed by atoms with Gasteiger partial charge in [0.25, 0.3) is 5.91 Å². The van der Waals surface area contributed by atoms with Crippen LogP contribution in [0.2, 0.25) is 0 Å². The first-order valence-corrected chi connectivity index (χ1v) is 9.63. The van der Waals surface area contributed by atoms with Gasteiger partial charge in [0.05, 0.1) is 11.9 Å². The van der Waals surface area contributed by atoms with Crippen LogP contribution in [0.3, 0.4) is 0 Å². The number of amides is 1. The molecule has 156 valence electrons. The van der Waals surface area contributed by atoms with E-state index in [2.05, 4.69) is 10.4 Å². The Labute approximate surface area is 177 Å². The Bertz CT molecular complexity index is 1160. The molecule has 0 aliphatic carbocycles. The van der Waals surface area contributed by atoms with Crippen molar-refractivity contribution in [3.05, 3.63) is 114 Å². The Hall–Kier alpha value is -4.00. The number of aromatic nitrogens is 2. The fourth-order valence-corrected chi connectivity index (χ4v) is 2.95. The molecule has 5 nitrogen and oxygen atoms in total. The lowest BCUT2D eigenvalue weighted by atomic mass is 10.2. The zero-order valence-corrected chi connectivity index (χ0v) is 16.5. The van der Waals surface area contributed by atoms with Gasteiger partial charge < -0.3 is 10.1 Å². The second-order valence-corrected chi connectivity index (χ2v) is 6.85. The van der Waals surface area contributed by atoms with Crippen LogP contribution in [0.5, 0.6) is 5.75 Å². The van der Waals surface area contributed by atoms with Crippen molar-refractivity contribution in [2.45, 2.75) is 13.2 Å². The topological polar surface area (TPSA) is 56.2 Å². The summed E-state index contributed by atoms with van der Waals surface area (Å²) < 4.78 is 33.7. The van der Waals surface area contributed by atoms with E-state index in [1.807, 2.05) is 30.3 Å². The molecule has 0 fully saturated rings. The van der Waals surface area contributed by atoms with E-state index in [0.29, 0.717) is 12.2 Å². The Kier molecular flexibility index (Phi) is 6.03. The highest BCUT2D eigenvalue weighted by Crippen LogP contribution is 2.22. The van der Waals surface area contributed by atoms with Crippen LogP contribution in [0.15, 0.2) is 85.1 Å². The quantitative estimate of drug-likeness (QED) is 0.474. The summed E-state index contributed by atoms with van der Waals surface area (Å²) in [5.74, 6) is -0.851. The van der Waals surface area contributed by atoms with E-state index in [0.717, 1.165) is 11.1 Å². The van der Waals surface area contributed by atoms with Gasteiger partial charge in [0.2, 0.25) is 0 Å². The summed E-state index contributed by atoms with van der Waals surface area (Å²) in [6.07, 6.45) is 1.56. The molecule has 0 saturated heterocycles. The molecule has 0 radical (unpaired) electrons. The summed E-state index contributed by atoms with van der Waals surface area (Å²) in [4.78, 5) is 12.8. The molecule has 4 rings (SSSR count). The number of nitrogens with zero attached hydrogens (tertiary/aromatic N) is 2. The molecule has 7 heteroatoms. The van der Waals surface area contributed by atoms with Gasteiger partial charge in [-0.3, -0.25) is 4.79 Å². The Balaban J connectivity index is 1.56. The predicted molar refractivity (Wildman–Crippen MR) is 112 cm³/mol. The van der Waals surface area contributed by atoms with Crippen molar-refractivity contribution >= 4 is 5.91 Å². The van der Waals surface area contributed by atoms with E-state index < -0.39 is 5.91 Å². The van der Waals surface area contributed by atoms with Crippen molar-refractivity contribution in [1.29, 1.82) is 0 Å². The number of hydrogen-bond acceptors (Lipinski definition) is 3. The Morgan fingerprint density at radius 2 is 1.52 bits per heavy atom. The van der Waals surface area contributed by atoms with Crippen LogP contribution in [0.1, 0.15) is 21.6 Å². The average Bonchev–Trinajstić information content (AvgIpc) is 3.22. The van der Waals surface area contributed by atoms with Crippen LogP contribution in [-0.2, 0) is 13.2 Å². The summed E-state index contributed by atoms with van der Waals surface area (Å²) >= 11 is 0. The SMILES string of the molecule is O=C(NCc1ccccc1)c1nn(-c2ccc(F)cc2)cc1OCc1ccc(F)cc1. The minimum atomic E-state index is -0.404. The highest BCUT2D eigenvalue weighted by Gasteiger charge is 2.19. The molecule has 4 aromatic rings. The van der Waals surface area contributed by atoms with E-state index in [4.69, 9.17) is 4.74 Å². The molecule has 0 atom stereocenters. The monoisotopic (exact) mass is 419 g/mol. The lowest BCUT2D eigenvalue weighted by Gasteiger charge is -2.07. The lowest BCUT2D eigenvalue weighted by molar-refractivity contribution is 0.0941. The van der Waals surface area contributed by atoms with Crippen molar-refractivity contribution in [3.63, 3.8) is 0 Å². The highest BCUT2D eigenvalue weighted by atomic mass is 19.1. The number of hydrogen-bond donors (Lipinski definition) is 1. The zero-order chi connectivity index (χ0) is 21.6. The number of ether oxygens (including phenoxy) is 1. The van der Waals surface area contributed by atoms with E-state index in [9.17, 15) is 13.6 Å². The number of carbonyl (C=O) groups is 1. The second kappa shape index (κ2) is 9.21. The standard InChI is InChI=1S/C24H19F2N3O2/c25-19-8-6-18(7-9-19)16-31-22-15-29(21-12-10-20(26)11-13-21)28-23(22)24(30)27-14-17-4-2-1-3-5-17/h1-13,15H,14,16H2,(H,27,30). The summed E-state index contributed by atoms with van der Waals surface area (Å²) in [5.41, 5.74) is 2.37. The molecular weight excluding hydrogens is 400 g/mol. The number of halogens is 2. The molecule has 31 heavy (non-hydrogen) atoms. The summed E-state index contributed by atoms with van der Waals surface area (Å²) in [5, 5.41) is 7.18. The third-order valence-corrected chi connectivity index (χ3v) is 4.59. The van der Waals surface area contributed by atoms with Gasteiger partial charge in [-0.2, -0.15) is 5.10 Å². The van der Waals surface area contributed by atoms with Crippen molar-refractivity contribution in [2.24, 2.45) is 0 Å². The maximum atomic E-state index is 13.3. The van der Waals surface area contributed by atoms with Crippen LogP contribution in [0.25, 0.3) is 5.69 Å². The van der Waals surface area contributed by atoms with E-state index in [1.54, 1.807) is 30.5 Å². The van der Waals surface area contributed by atoms with E-state index in [1.165, 1.54) is 28.9 Å². The van der Waals surface area contributed by atoms with Gasteiger partial charge in [-0.1, -0.05) is 42.5 Å². The number of benzene rings is 3. The first-order chi connectivity index (χ1) is 15.1. The van der Waals surface area contributed by atoms with E-state index in [-0.39, 0.29) is 29.7 Å². The summed E-state index contributed by atoms with van der Waals surface area (Å²) in [6, 6.07) is 21.1. The van der Waals surface area contributed by atoms with Gasteiger partial charge in [0.15, 0.2) is 11.4 Å². The molecule has 0 aliphatic rings. The molecule has 1 N–H and O–H groups in total. The molecule has 3 aromatic carbocycles. The molecule has 0 bridgehead atoms. The van der Waals surface area contributed by atoms with Gasteiger partial charge in [0, 0.05) is 6.54 Å². The number of rotatable bonds is 7. The third-order valence-electron chi connectivity index (χ3n) is 4.59. The van der Waals surface area contributed by atoms with Crippen molar-refractivity contribution in [2.75, 3.05) is 0 Å². The smallest absolute Gasteiger partial charge is 0.275 e. The zero-order valence-electron chi connectivity index (χ0n) is 16.5. The lowest BCUT2D eigenvalue weighted by Crippen LogP contribution is -2.24. The van der Waals surface area contributed by atoms with Crippen LogP contribution < -0.4 is 10.1 Å². The van der Waals surface area contributed by atoms with Gasteiger partial charge in [-0.15, -0.1) is 0 Å². The van der Waals surface area contributed by atoms with Crippen LogP contribution in [-0.4, -0.2) is 15.7 Å². The molecule has 1 amide bonds. The number of carbonyl (C=O) groups excluding carboxylic acids is 1. The predicted octanol–water partition coefficient (Wildman–Crippen LogP) is 4.66. The molecule has 0 unspecified atom stereocenters. The normalized spacial score (nSPS) is 10.6. The molecule has 1 aromatic heterocycles. The van der Waals surface area contributed by atoms with Crippen LogP contribution in [0.4, 0.5) is 8.78 Å². The summed E-state index contributed by atoms with van der Waals surface area (Å²) in [7, 11) is 0. The highest BCUT2D eigenvalue weighted by molar-refractivity contribution is 5.94. The molecule has 0 saturated carbocycles. The molecule has 1 heterocycles. The Morgan fingerprint density at radius 3 is 2.19 bits per heavy atom. The van der Waals surface area contributed by atoms with Crippen molar-refractivity contribution < 1.29 is 18.3 Å². The minimum Gasteiger partial charge on any atom is -0.485 e. The maximum Gasteiger partial charge on any atom is 0.275 e. The molecule has 0 spiro atoms. The number of nitrogens with one attached hydrogen (secondary N) is 1. The minimum absolute atomic E-state index is 0.0994. The fourth-order valence-electron chi connectivity index (χ4n) is 2.95. The summed E-state index contributed by atoms with van der Waals surface area (Å²) in [6.45, 7) is 0.467. The van der Waals surface area contributed by atoms with Crippen molar-refractivity contribution in [1.82, 2.24) is 15.1 Å². The van der Waals surface area contributed by atoms with Crippen LogP contribution >= 0.6 is 0 Å². The first kappa shape index (κ1) is 20.3. The van der Waals surface area contributed by atoms with Gasteiger partial charge in [-0.05, 0) is 47.5 Å². The maximum absolute atomic E-state index is 13.3. The van der Waals surface area contributed by atoms with Gasteiger partial charge in [-0.25, -0.2) is 13.5 Å². The third kappa shape index (κ3) is 5.14. The fraction of sp³-hybridized carbons (Fsp3) is 0.0833. The largest absolute Gasteiger partial charge is 0.485 e. The molecular formula is C24H19F2N3O2.